The second-order valence-electron chi connectivity index (χ2n) is 3.79. The number of carbonyl (C=O) groups is 2. The lowest BCUT2D eigenvalue weighted by Gasteiger charge is -2.03. The molecule has 0 aliphatic carbocycles. The Balaban J connectivity index is 3.24. The van der Waals surface area contributed by atoms with E-state index in [0.717, 1.165) is 19.3 Å². The van der Waals surface area contributed by atoms with Gasteiger partial charge in [0.25, 0.3) is 0 Å². The average molecular weight is 241 g/mol. The summed E-state index contributed by atoms with van der Waals surface area (Å²) in [5, 5.41) is 16.7. The van der Waals surface area contributed by atoms with Crippen LogP contribution in [0, 0.1) is 11.3 Å². The molecule has 0 bridgehead atoms. The van der Waals surface area contributed by atoms with E-state index in [1.54, 1.807) is 0 Å². The van der Waals surface area contributed by atoms with Crippen LogP contribution in [-0.2, 0) is 14.3 Å². The second kappa shape index (κ2) is 10.9. The van der Waals surface area contributed by atoms with E-state index >= 15 is 0 Å². The lowest BCUT2D eigenvalue weighted by molar-refractivity contribution is -0.143. The fraction of sp³-hybridized carbons (Fsp3) is 0.750. The Kier molecular flexibility index (Phi) is 9.92. The first kappa shape index (κ1) is 15.4. The molecule has 0 aromatic rings. The van der Waals surface area contributed by atoms with Crippen molar-refractivity contribution in [1.82, 2.24) is 0 Å². The van der Waals surface area contributed by atoms with Gasteiger partial charge in [0.2, 0.25) is 0 Å². The molecule has 0 saturated heterocycles. The molecular formula is C12H19NO4. The number of esters is 1. The molecule has 0 rings (SSSR count). The molecule has 0 saturated carbocycles. The largest absolute Gasteiger partial charge is 0.481 e. The summed E-state index contributed by atoms with van der Waals surface area (Å²) in [4.78, 5) is 21.4. The molecule has 17 heavy (non-hydrogen) atoms. The van der Waals surface area contributed by atoms with Crippen molar-refractivity contribution in [2.24, 2.45) is 0 Å². The normalized spacial score (nSPS) is 9.59. The number of hydrogen-bond acceptors (Lipinski definition) is 4. The van der Waals surface area contributed by atoms with Gasteiger partial charge in [-0.15, -0.1) is 0 Å². The molecule has 0 aliphatic heterocycles. The molecule has 0 atom stereocenters. The number of carboxylic acid groups (broad SMARTS) is 1. The van der Waals surface area contributed by atoms with E-state index in [-0.39, 0.29) is 12.4 Å². The predicted molar refractivity (Wildman–Crippen MR) is 61.1 cm³/mol. The van der Waals surface area contributed by atoms with Crippen LogP contribution in [0.2, 0.25) is 0 Å². The van der Waals surface area contributed by atoms with Crippen molar-refractivity contribution in [2.45, 2.75) is 51.4 Å². The smallest absolute Gasteiger partial charge is 0.305 e. The summed E-state index contributed by atoms with van der Waals surface area (Å²) in [6, 6.07) is 2.02. The minimum atomic E-state index is -0.801. The van der Waals surface area contributed by atoms with Gasteiger partial charge >= 0.3 is 11.9 Å². The molecule has 0 aromatic carbocycles. The van der Waals surface area contributed by atoms with Gasteiger partial charge in [0.05, 0.1) is 12.7 Å². The van der Waals surface area contributed by atoms with Gasteiger partial charge in [-0.2, -0.15) is 5.26 Å². The highest BCUT2D eigenvalue weighted by atomic mass is 16.5. The number of ether oxygens (including phenoxy) is 1. The topological polar surface area (TPSA) is 87.4 Å². The number of hydrogen-bond donors (Lipinski definition) is 1. The van der Waals surface area contributed by atoms with Crippen molar-refractivity contribution in [1.29, 1.82) is 5.26 Å². The lowest BCUT2D eigenvalue weighted by Crippen LogP contribution is -2.05. The quantitative estimate of drug-likeness (QED) is 0.468. The summed E-state index contributed by atoms with van der Waals surface area (Å²) in [5.41, 5.74) is 0. The minimum Gasteiger partial charge on any atom is -0.481 e. The first-order valence-electron chi connectivity index (χ1n) is 5.91. The molecule has 0 heterocycles. The third-order valence-corrected chi connectivity index (χ3v) is 2.22. The molecule has 5 nitrogen and oxygen atoms in total. The zero-order chi connectivity index (χ0) is 12.9. The van der Waals surface area contributed by atoms with Gasteiger partial charge in [-0.1, -0.05) is 6.42 Å². The Morgan fingerprint density at radius 1 is 1.06 bits per heavy atom. The van der Waals surface area contributed by atoms with Crippen LogP contribution in [0.3, 0.4) is 0 Å². The molecule has 0 radical (unpaired) electrons. The first-order valence-corrected chi connectivity index (χ1v) is 5.91. The summed E-state index contributed by atoms with van der Waals surface area (Å²) in [6.45, 7) is 0.371. The standard InChI is InChI=1S/C12H19NO4/c13-9-5-2-6-10-17-12(16)8-4-1-3-7-11(14)15/h1-8,10H2,(H,14,15). The maximum absolute atomic E-state index is 11.2. The van der Waals surface area contributed by atoms with Gasteiger partial charge in [0, 0.05) is 19.3 Å². The van der Waals surface area contributed by atoms with E-state index < -0.39 is 5.97 Å². The van der Waals surface area contributed by atoms with Crippen LogP contribution >= 0.6 is 0 Å². The number of aliphatic carboxylic acids is 1. The summed E-state index contributed by atoms with van der Waals surface area (Å²) in [6.07, 6.45) is 4.47. The minimum absolute atomic E-state index is 0.156. The molecule has 0 amide bonds. The molecule has 0 spiro atoms. The number of unbranched alkanes of at least 4 members (excludes halogenated alkanes) is 4. The van der Waals surface area contributed by atoms with Crippen molar-refractivity contribution >= 4 is 11.9 Å². The van der Waals surface area contributed by atoms with Crippen molar-refractivity contribution in [3.63, 3.8) is 0 Å². The molecule has 96 valence electrons. The Labute approximate surface area is 101 Å². The van der Waals surface area contributed by atoms with E-state index in [9.17, 15) is 9.59 Å². The molecule has 0 fully saturated rings. The fourth-order valence-corrected chi connectivity index (χ4v) is 1.29. The van der Waals surface area contributed by atoms with E-state index in [4.69, 9.17) is 15.1 Å². The second-order valence-corrected chi connectivity index (χ2v) is 3.79. The summed E-state index contributed by atoms with van der Waals surface area (Å²) in [7, 11) is 0. The van der Waals surface area contributed by atoms with Crippen LogP contribution in [-0.4, -0.2) is 23.7 Å². The Morgan fingerprint density at radius 2 is 1.76 bits per heavy atom. The highest BCUT2D eigenvalue weighted by molar-refractivity contribution is 5.69. The molecule has 0 aliphatic rings. The predicted octanol–water partition coefficient (Wildman–Crippen LogP) is 2.26. The van der Waals surface area contributed by atoms with Crippen LogP contribution in [0.25, 0.3) is 0 Å². The van der Waals surface area contributed by atoms with Crippen LogP contribution in [0.4, 0.5) is 0 Å². The maximum atomic E-state index is 11.2. The first-order chi connectivity index (χ1) is 8.16. The number of carbonyl (C=O) groups excluding carboxylic acids is 1. The van der Waals surface area contributed by atoms with E-state index in [1.165, 1.54) is 0 Å². The SMILES string of the molecule is N#CCCCCOC(=O)CCCCCC(=O)O. The molecule has 0 aromatic heterocycles. The van der Waals surface area contributed by atoms with Crippen LogP contribution < -0.4 is 0 Å². The molecular weight excluding hydrogens is 222 g/mol. The lowest BCUT2D eigenvalue weighted by atomic mass is 10.1. The van der Waals surface area contributed by atoms with E-state index in [2.05, 4.69) is 0 Å². The number of rotatable bonds is 10. The number of nitrogens with zero attached hydrogens (tertiary/aromatic N) is 1. The monoisotopic (exact) mass is 241 g/mol. The van der Waals surface area contributed by atoms with Crippen LogP contribution in [0.1, 0.15) is 51.4 Å². The van der Waals surface area contributed by atoms with Crippen molar-refractivity contribution in [3.8, 4) is 6.07 Å². The van der Waals surface area contributed by atoms with Crippen molar-refractivity contribution in [2.75, 3.05) is 6.61 Å². The fourth-order valence-electron chi connectivity index (χ4n) is 1.29. The molecule has 0 unspecified atom stereocenters. The van der Waals surface area contributed by atoms with Gasteiger partial charge in [-0.25, -0.2) is 0 Å². The number of carboxylic acids is 1. The molecule has 1 N–H and O–H groups in total. The summed E-state index contributed by atoms with van der Waals surface area (Å²) >= 11 is 0. The maximum Gasteiger partial charge on any atom is 0.305 e. The van der Waals surface area contributed by atoms with Gasteiger partial charge in [0.1, 0.15) is 0 Å². The zero-order valence-corrected chi connectivity index (χ0v) is 9.98. The van der Waals surface area contributed by atoms with Crippen molar-refractivity contribution < 1.29 is 19.4 Å². The Bertz CT molecular complexity index is 270. The molecule has 5 heteroatoms. The van der Waals surface area contributed by atoms with Gasteiger partial charge in [-0.05, 0) is 25.7 Å². The average Bonchev–Trinajstić information content (AvgIpc) is 2.28. The van der Waals surface area contributed by atoms with Gasteiger partial charge in [0.15, 0.2) is 0 Å². The third-order valence-electron chi connectivity index (χ3n) is 2.22. The van der Waals surface area contributed by atoms with Gasteiger partial charge < -0.3 is 9.84 Å². The zero-order valence-electron chi connectivity index (χ0n) is 9.98. The van der Waals surface area contributed by atoms with E-state index in [1.807, 2.05) is 6.07 Å². The van der Waals surface area contributed by atoms with Crippen LogP contribution in [0.15, 0.2) is 0 Å². The Morgan fingerprint density at radius 3 is 2.41 bits per heavy atom. The number of nitriles is 1. The van der Waals surface area contributed by atoms with Crippen LogP contribution in [0.5, 0.6) is 0 Å². The summed E-state index contributed by atoms with van der Waals surface area (Å²) in [5.74, 6) is -1.04. The third kappa shape index (κ3) is 12.4. The van der Waals surface area contributed by atoms with Gasteiger partial charge in [-0.3, -0.25) is 9.59 Å². The summed E-state index contributed by atoms with van der Waals surface area (Å²) < 4.78 is 4.95. The highest BCUT2D eigenvalue weighted by Gasteiger charge is 2.03. The van der Waals surface area contributed by atoms with Crippen molar-refractivity contribution in [3.05, 3.63) is 0 Å². The highest BCUT2D eigenvalue weighted by Crippen LogP contribution is 2.04. The Hall–Kier alpha value is -1.57. The van der Waals surface area contributed by atoms with E-state index in [0.29, 0.717) is 32.3 Å².